The molecule has 0 unspecified atom stereocenters. The predicted octanol–water partition coefficient (Wildman–Crippen LogP) is 8.35. The third kappa shape index (κ3) is 9.95. The summed E-state index contributed by atoms with van der Waals surface area (Å²) < 4.78 is 5.71. The number of rotatable bonds is 3. The van der Waals surface area contributed by atoms with Crippen molar-refractivity contribution in [3.05, 3.63) is 63.7 Å². The molecule has 0 bridgehead atoms. The van der Waals surface area contributed by atoms with Crippen LogP contribution in [-0.2, 0) is 4.74 Å². The van der Waals surface area contributed by atoms with Gasteiger partial charge in [0.25, 0.3) is 0 Å². The van der Waals surface area contributed by atoms with E-state index in [0.717, 1.165) is 31.3 Å². The maximum absolute atomic E-state index is 12.6. The van der Waals surface area contributed by atoms with Gasteiger partial charge in [0.05, 0.1) is 15.6 Å². The Hall–Kier alpha value is -1.75. The fourth-order valence-electron chi connectivity index (χ4n) is 3.89. The van der Waals surface area contributed by atoms with E-state index >= 15 is 0 Å². The van der Waals surface area contributed by atoms with Gasteiger partial charge < -0.3 is 9.84 Å². The number of amides is 1. The van der Waals surface area contributed by atoms with Crippen LogP contribution in [0.3, 0.4) is 0 Å². The second-order valence-corrected chi connectivity index (χ2v) is 10.5. The van der Waals surface area contributed by atoms with E-state index in [-0.39, 0.29) is 6.42 Å². The average Bonchev–Trinajstić information content (AvgIpc) is 2.69. The Balaban J connectivity index is 2.23. The van der Waals surface area contributed by atoms with E-state index in [0.29, 0.717) is 27.6 Å². The van der Waals surface area contributed by atoms with Crippen LogP contribution < -0.4 is 5.32 Å². The lowest BCUT2D eigenvalue weighted by atomic mass is 9.86. The van der Waals surface area contributed by atoms with Crippen molar-refractivity contribution in [2.24, 2.45) is 11.8 Å². The molecule has 2 rings (SSSR count). The zero-order valence-electron chi connectivity index (χ0n) is 20.3. The predicted molar refractivity (Wildman–Crippen MR) is 139 cm³/mol. The highest BCUT2D eigenvalue weighted by Gasteiger charge is 2.25. The van der Waals surface area contributed by atoms with E-state index in [1.807, 2.05) is 19.1 Å². The molecular weight excluding hydrogens is 457 g/mol. The molecule has 1 aliphatic rings. The van der Waals surface area contributed by atoms with Gasteiger partial charge in [0, 0.05) is 12.1 Å². The van der Waals surface area contributed by atoms with Crippen LogP contribution in [0.25, 0.3) is 0 Å². The third-order valence-corrected chi connectivity index (χ3v) is 6.71. The molecule has 1 aromatic carbocycles. The molecule has 2 N–H and O–H groups in total. The first-order valence-electron chi connectivity index (χ1n) is 11.6. The topological polar surface area (TPSA) is 58.6 Å². The highest BCUT2D eigenvalue weighted by atomic mass is 35.5. The maximum Gasteiger partial charge on any atom is 0.412 e. The molecule has 0 aliphatic heterocycles. The SMILES string of the molecule is C/C1=C\[C@H](OC(=O)Nc2ccc(Cl)c(Cl)c2)C[C@](C)(O)/C=C/[C@H](C(C)C)CC/C(C)=C/CC1. The summed E-state index contributed by atoms with van der Waals surface area (Å²) in [6, 6.07) is 4.84. The van der Waals surface area contributed by atoms with Gasteiger partial charge in [-0.2, -0.15) is 0 Å². The number of hydrogen-bond acceptors (Lipinski definition) is 3. The monoisotopic (exact) mass is 493 g/mol. The van der Waals surface area contributed by atoms with Gasteiger partial charge in [-0.05, 0) is 82.6 Å². The van der Waals surface area contributed by atoms with E-state index in [1.54, 1.807) is 25.1 Å². The van der Waals surface area contributed by atoms with E-state index in [4.69, 9.17) is 27.9 Å². The van der Waals surface area contributed by atoms with Crippen LogP contribution in [0.2, 0.25) is 10.0 Å². The molecule has 6 heteroatoms. The molecule has 0 aromatic heterocycles. The summed E-state index contributed by atoms with van der Waals surface area (Å²) in [5, 5.41) is 14.5. The number of carbonyl (C=O) groups is 1. The second-order valence-electron chi connectivity index (χ2n) is 9.67. The first kappa shape index (κ1) is 27.5. The molecule has 4 nitrogen and oxygen atoms in total. The summed E-state index contributed by atoms with van der Waals surface area (Å²) in [4.78, 5) is 12.6. The Morgan fingerprint density at radius 3 is 2.58 bits per heavy atom. The zero-order chi connectivity index (χ0) is 24.6. The van der Waals surface area contributed by atoms with Gasteiger partial charge >= 0.3 is 6.09 Å². The highest BCUT2D eigenvalue weighted by molar-refractivity contribution is 6.42. The molecule has 0 fully saturated rings. The number of anilines is 1. The fourth-order valence-corrected chi connectivity index (χ4v) is 4.19. The lowest BCUT2D eigenvalue weighted by molar-refractivity contribution is 0.0471. The van der Waals surface area contributed by atoms with Crippen molar-refractivity contribution in [2.45, 2.75) is 78.4 Å². The zero-order valence-corrected chi connectivity index (χ0v) is 21.8. The lowest BCUT2D eigenvalue weighted by Gasteiger charge is -2.26. The summed E-state index contributed by atoms with van der Waals surface area (Å²) in [5.74, 6) is 0.848. The molecule has 1 aromatic rings. The molecule has 1 aliphatic carbocycles. The molecule has 0 spiro atoms. The van der Waals surface area contributed by atoms with Gasteiger partial charge in [-0.1, -0.05) is 66.4 Å². The van der Waals surface area contributed by atoms with Crippen LogP contribution in [0, 0.1) is 11.8 Å². The number of hydrogen-bond donors (Lipinski definition) is 2. The fraction of sp³-hybridized carbons (Fsp3) is 0.519. The molecule has 0 radical (unpaired) electrons. The van der Waals surface area contributed by atoms with E-state index in [2.05, 4.69) is 38.2 Å². The second kappa shape index (κ2) is 12.6. The molecular formula is C27H37Cl2NO3. The number of nitrogens with one attached hydrogen (secondary N) is 1. The highest BCUT2D eigenvalue weighted by Crippen LogP contribution is 2.27. The van der Waals surface area contributed by atoms with E-state index in [1.165, 1.54) is 5.57 Å². The number of ether oxygens (including phenoxy) is 1. The maximum atomic E-state index is 12.6. The van der Waals surface area contributed by atoms with Crippen molar-refractivity contribution in [1.29, 1.82) is 0 Å². The first-order valence-corrected chi connectivity index (χ1v) is 12.4. The minimum absolute atomic E-state index is 0.259. The van der Waals surface area contributed by atoms with Crippen LogP contribution in [0.15, 0.2) is 53.6 Å². The smallest absolute Gasteiger partial charge is 0.412 e. The van der Waals surface area contributed by atoms with Crippen molar-refractivity contribution in [2.75, 3.05) is 5.32 Å². The van der Waals surface area contributed by atoms with Gasteiger partial charge in [-0.3, -0.25) is 5.32 Å². The Labute approximate surface area is 208 Å². The molecule has 0 heterocycles. The van der Waals surface area contributed by atoms with Crippen LogP contribution in [0.1, 0.15) is 66.7 Å². The number of aliphatic hydroxyl groups is 1. The van der Waals surface area contributed by atoms with E-state index in [9.17, 15) is 9.90 Å². The molecule has 3 atom stereocenters. The summed E-state index contributed by atoms with van der Waals surface area (Å²) in [5.41, 5.74) is 1.87. The normalized spacial score (nSPS) is 29.2. The Bertz CT molecular complexity index is 903. The van der Waals surface area contributed by atoms with Crippen LogP contribution in [0.4, 0.5) is 10.5 Å². The van der Waals surface area contributed by atoms with Crippen molar-refractivity contribution in [1.82, 2.24) is 0 Å². The van der Waals surface area contributed by atoms with Gasteiger partial charge in [0.2, 0.25) is 0 Å². The van der Waals surface area contributed by atoms with Crippen molar-refractivity contribution in [3.63, 3.8) is 0 Å². The standard InChI is InChI=1S/C27H37Cl2NO3/c1-18(2)21-10-9-19(3)7-6-8-20(4)15-23(17-27(5,32)14-13-21)33-26(31)30-22-11-12-24(28)25(29)16-22/h7,11-16,18,21,23,32H,6,8-10,17H2,1-5H3,(H,30,31)/b14-13+,19-7+,20-15+/t21-,23+,27-/m1/s1. The van der Waals surface area contributed by atoms with Crippen molar-refractivity contribution >= 4 is 35.0 Å². The molecule has 0 saturated heterocycles. The Kier molecular flexibility index (Phi) is 10.5. The molecule has 33 heavy (non-hydrogen) atoms. The number of benzene rings is 1. The Morgan fingerprint density at radius 1 is 1.18 bits per heavy atom. The first-order chi connectivity index (χ1) is 15.4. The summed E-state index contributed by atoms with van der Waals surface area (Å²) in [6.07, 6.45) is 11.2. The third-order valence-electron chi connectivity index (χ3n) is 5.97. The number of carbonyl (C=O) groups excluding carboxylic acids is 1. The number of allylic oxidation sites excluding steroid dienone is 4. The summed E-state index contributed by atoms with van der Waals surface area (Å²) in [6.45, 7) is 10.4. The lowest BCUT2D eigenvalue weighted by Crippen LogP contribution is -2.31. The van der Waals surface area contributed by atoms with Gasteiger partial charge in [-0.15, -0.1) is 0 Å². The molecule has 182 valence electrons. The number of halogens is 2. The van der Waals surface area contributed by atoms with Gasteiger partial charge in [-0.25, -0.2) is 4.79 Å². The minimum atomic E-state index is -1.12. The van der Waals surface area contributed by atoms with Gasteiger partial charge in [0.15, 0.2) is 0 Å². The summed E-state index contributed by atoms with van der Waals surface area (Å²) in [7, 11) is 0. The molecule has 1 amide bonds. The van der Waals surface area contributed by atoms with Crippen molar-refractivity contribution < 1.29 is 14.6 Å². The quantitative estimate of drug-likeness (QED) is 0.415. The van der Waals surface area contributed by atoms with Crippen molar-refractivity contribution in [3.8, 4) is 0 Å². The van der Waals surface area contributed by atoms with Crippen LogP contribution >= 0.6 is 23.2 Å². The van der Waals surface area contributed by atoms with Crippen LogP contribution in [0.5, 0.6) is 0 Å². The average molecular weight is 495 g/mol. The minimum Gasteiger partial charge on any atom is -0.442 e. The van der Waals surface area contributed by atoms with Crippen LogP contribution in [-0.4, -0.2) is 22.9 Å². The van der Waals surface area contributed by atoms with E-state index < -0.39 is 17.8 Å². The largest absolute Gasteiger partial charge is 0.442 e. The molecule has 0 saturated carbocycles. The Morgan fingerprint density at radius 2 is 1.91 bits per heavy atom. The van der Waals surface area contributed by atoms with Gasteiger partial charge in [0.1, 0.15) is 6.10 Å². The summed E-state index contributed by atoms with van der Waals surface area (Å²) >= 11 is 12.0.